The molecule has 1 aromatic heterocycles. The van der Waals surface area contributed by atoms with Crippen LogP contribution in [0.2, 0.25) is 0 Å². The average molecular weight is 487 g/mol. The number of aromatic nitrogens is 2. The van der Waals surface area contributed by atoms with Gasteiger partial charge in [0.15, 0.2) is 5.82 Å². The van der Waals surface area contributed by atoms with Gasteiger partial charge in [0, 0.05) is 31.2 Å². The van der Waals surface area contributed by atoms with Crippen LogP contribution in [0.3, 0.4) is 0 Å². The van der Waals surface area contributed by atoms with Crippen molar-refractivity contribution in [1.82, 2.24) is 19.8 Å². The number of halogens is 1. The highest BCUT2D eigenvalue weighted by Crippen LogP contribution is 2.23. The molecule has 0 aliphatic carbocycles. The van der Waals surface area contributed by atoms with Crippen LogP contribution in [0.5, 0.6) is 0 Å². The third-order valence-corrected chi connectivity index (χ3v) is 5.80. The lowest BCUT2D eigenvalue weighted by Crippen LogP contribution is -2.56. The van der Waals surface area contributed by atoms with Gasteiger partial charge in [0.05, 0.1) is 12.3 Å². The second-order valence-electron chi connectivity index (χ2n) is 8.96. The fourth-order valence-electron chi connectivity index (χ4n) is 3.85. The summed E-state index contributed by atoms with van der Waals surface area (Å²) in [5, 5.41) is -0.634. The first-order valence-corrected chi connectivity index (χ1v) is 11.9. The zero-order valence-electron chi connectivity index (χ0n) is 20.2. The minimum Gasteiger partial charge on any atom is -0.462 e. The Morgan fingerprint density at radius 3 is 2.38 bits per heavy atom. The lowest BCUT2D eigenvalue weighted by Gasteiger charge is -2.40. The Bertz CT molecular complexity index is 1060. The van der Waals surface area contributed by atoms with Crippen LogP contribution in [0, 0.1) is 12.8 Å². The van der Waals surface area contributed by atoms with Crippen molar-refractivity contribution >= 4 is 29.4 Å². The molecule has 182 valence electrons. The van der Waals surface area contributed by atoms with E-state index in [-0.39, 0.29) is 35.7 Å². The maximum atomic E-state index is 13.7. The summed E-state index contributed by atoms with van der Waals surface area (Å²) in [6.07, 6.45) is 0. The fourth-order valence-corrected chi connectivity index (χ4v) is 3.98. The van der Waals surface area contributed by atoms with E-state index in [2.05, 4.69) is 9.97 Å². The normalized spacial score (nSPS) is 17.0. The van der Waals surface area contributed by atoms with E-state index in [0.717, 1.165) is 5.56 Å². The fraction of sp³-hybridized carbons (Fsp3) is 0.480. The summed E-state index contributed by atoms with van der Waals surface area (Å²) < 4.78 is 5.43. The molecule has 2 atom stereocenters. The molecule has 1 saturated heterocycles. The third-order valence-electron chi connectivity index (χ3n) is 5.61. The van der Waals surface area contributed by atoms with Crippen molar-refractivity contribution in [2.75, 3.05) is 26.2 Å². The predicted molar refractivity (Wildman–Crippen MR) is 130 cm³/mol. The van der Waals surface area contributed by atoms with E-state index < -0.39 is 17.3 Å². The number of hydrogen-bond acceptors (Lipinski definition) is 6. The number of hydrogen-bond donors (Lipinski definition) is 0. The summed E-state index contributed by atoms with van der Waals surface area (Å²) in [6.45, 7) is 10.2. The van der Waals surface area contributed by atoms with Crippen molar-refractivity contribution in [3.8, 4) is 11.4 Å². The molecule has 2 heterocycles. The van der Waals surface area contributed by atoms with E-state index in [9.17, 15) is 14.4 Å². The average Bonchev–Trinajstić information content (AvgIpc) is 2.81. The Morgan fingerprint density at radius 1 is 1.12 bits per heavy atom. The molecular formula is C25H31ClN4O4. The molecule has 3 rings (SSSR count). The van der Waals surface area contributed by atoms with Crippen LogP contribution in [0.1, 0.15) is 54.2 Å². The van der Waals surface area contributed by atoms with Crippen LogP contribution in [0.15, 0.2) is 30.3 Å². The molecule has 34 heavy (non-hydrogen) atoms. The summed E-state index contributed by atoms with van der Waals surface area (Å²) in [6, 6.07) is 9.06. The summed E-state index contributed by atoms with van der Waals surface area (Å²) in [7, 11) is 0. The van der Waals surface area contributed by atoms with Gasteiger partial charge in [0.1, 0.15) is 16.6 Å². The highest BCUT2D eigenvalue weighted by atomic mass is 35.5. The second kappa shape index (κ2) is 11.0. The van der Waals surface area contributed by atoms with Crippen LogP contribution in [0.4, 0.5) is 0 Å². The number of rotatable bonds is 6. The monoisotopic (exact) mass is 486 g/mol. The highest BCUT2D eigenvalue weighted by molar-refractivity contribution is 6.30. The van der Waals surface area contributed by atoms with Crippen molar-refractivity contribution in [1.29, 1.82) is 0 Å². The summed E-state index contributed by atoms with van der Waals surface area (Å²) >= 11 is 5.98. The molecule has 9 heteroatoms. The highest BCUT2D eigenvalue weighted by Gasteiger charge is 2.34. The molecular weight excluding hydrogens is 456 g/mol. The van der Waals surface area contributed by atoms with Gasteiger partial charge in [0.25, 0.3) is 5.91 Å². The number of carbonyl (C=O) groups is 3. The topological polar surface area (TPSA) is 92.7 Å². The van der Waals surface area contributed by atoms with E-state index in [1.165, 1.54) is 0 Å². The Balaban J connectivity index is 1.97. The van der Waals surface area contributed by atoms with Gasteiger partial charge >= 0.3 is 5.97 Å². The molecule has 2 aromatic rings. The molecule has 0 saturated carbocycles. The van der Waals surface area contributed by atoms with E-state index in [4.69, 9.17) is 16.3 Å². The number of nitrogens with zero attached hydrogens (tertiary/aromatic N) is 4. The molecule has 0 N–H and O–H groups in total. The lowest BCUT2D eigenvalue weighted by atomic mass is 10.1. The summed E-state index contributed by atoms with van der Waals surface area (Å²) in [5.41, 5.74) is 1.20. The first-order valence-electron chi connectivity index (χ1n) is 11.4. The van der Waals surface area contributed by atoms with Gasteiger partial charge < -0.3 is 14.5 Å². The van der Waals surface area contributed by atoms with Gasteiger partial charge in [-0.25, -0.2) is 14.8 Å². The number of ether oxygens (including phenoxy) is 1. The van der Waals surface area contributed by atoms with Crippen molar-refractivity contribution < 1.29 is 19.1 Å². The van der Waals surface area contributed by atoms with Crippen molar-refractivity contribution in [3.63, 3.8) is 0 Å². The molecule has 0 radical (unpaired) electrons. The lowest BCUT2D eigenvalue weighted by molar-refractivity contribution is -0.134. The number of aryl methyl sites for hydroxylation is 1. The number of piperazine rings is 1. The van der Waals surface area contributed by atoms with Crippen molar-refractivity contribution in [3.05, 3.63) is 47.3 Å². The van der Waals surface area contributed by atoms with Crippen LogP contribution in [0.25, 0.3) is 11.4 Å². The third kappa shape index (κ3) is 5.73. The Labute approximate surface area is 205 Å². The molecule has 2 amide bonds. The molecule has 1 aliphatic heterocycles. The Kier molecular flexibility index (Phi) is 8.25. The summed E-state index contributed by atoms with van der Waals surface area (Å²) in [5.74, 6) is -0.670. The molecule has 2 unspecified atom stereocenters. The maximum Gasteiger partial charge on any atom is 0.342 e. The van der Waals surface area contributed by atoms with Gasteiger partial charge in [-0.3, -0.25) is 9.59 Å². The standard InChI is InChI=1S/C25H31ClN4O4/c1-15(2)14-34-25(33)20-18(5)27-22(19-9-7-6-8-10-19)28-21(20)24(32)29-11-12-30(16(3)13-29)23(31)17(4)26/h6-10,15-17H,11-14H2,1-5H3. The molecule has 0 spiro atoms. The SMILES string of the molecule is Cc1nc(-c2ccccc2)nc(C(=O)N2CCN(C(=O)C(C)Cl)C(C)C2)c1C(=O)OCC(C)C. The van der Waals surface area contributed by atoms with Gasteiger partial charge in [-0.15, -0.1) is 11.6 Å². The molecule has 0 bridgehead atoms. The van der Waals surface area contributed by atoms with Crippen molar-refractivity contribution in [2.24, 2.45) is 5.92 Å². The van der Waals surface area contributed by atoms with Gasteiger partial charge in [0.2, 0.25) is 5.91 Å². The number of amides is 2. The molecule has 1 aromatic carbocycles. The molecule has 1 fully saturated rings. The summed E-state index contributed by atoms with van der Waals surface area (Å²) in [4.78, 5) is 51.3. The Hall–Kier alpha value is -3.00. The van der Waals surface area contributed by atoms with Crippen LogP contribution < -0.4 is 0 Å². The first kappa shape index (κ1) is 25.6. The zero-order chi connectivity index (χ0) is 25.0. The maximum absolute atomic E-state index is 13.7. The number of alkyl halides is 1. The van der Waals surface area contributed by atoms with Gasteiger partial charge in [-0.2, -0.15) is 0 Å². The van der Waals surface area contributed by atoms with Gasteiger partial charge in [-0.1, -0.05) is 44.2 Å². The van der Waals surface area contributed by atoms with E-state index >= 15 is 0 Å². The minimum atomic E-state index is -0.634. The molecule has 8 nitrogen and oxygen atoms in total. The zero-order valence-corrected chi connectivity index (χ0v) is 21.0. The van der Waals surface area contributed by atoms with Crippen LogP contribution in [-0.2, 0) is 9.53 Å². The number of esters is 1. The predicted octanol–water partition coefficient (Wildman–Crippen LogP) is 3.57. The largest absolute Gasteiger partial charge is 0.462 e. The first-order chi connectivity index (χ1) is 16.1. The quantitative estimate of drug-likeness (QED) is 0.458. The van der Waals surface area contributed by atoms with E-state index in [1.807, 2.05) is 51.1 Å². The van der Waals surface area contributed by atoms with Crippen molar-refractivity contribution in [2.45, 2.75) is 46.0 Å². The van der Waals surface area contributed by atoms with Crippen LogP contribution in [-0.4, -0.2) is 75.2 Å². The van der Waals surface area contributed by atoms with Crippen LogP contribution >= 0.6 is 11.6 Å². The second-order valence-corrected chi connectivity index (χ2v) is 9.62. The Morgan fingerprint density at radius 2 is 1.79 bits per heavy atom. The van der Waals surface area contributed by atoms with E-state index in [0.29, 0.717) is 31.2 Å². The smallest absolute Gasteiger partial charge is 0.342 e. The van der Waals surface area contributed by atoms with E-state index in [1.54, 1.807) is 23.6 Å². The minimum absolute atomic E-state index is 0.0118. The molecule has 1 aliphatic rings. The number of carbonyl (C=O) groups excluding carboxylic acids is 3. The van der Waals surface area contributed by atoms with Gasteiger partial charge in [-0.05, 0) is 26.7 Å². The number of benzene rings is 1.